The van der Waals surface area contributed by atoms with Crippen LogP contribution < -0.4 is 5.32 Å². The second-order valence-corrected chi connectivity index (χ2v) is 8.04. The Morgan fingerprint density at radius 3 is 2.81 bits per heavy atom. The second kappa shape index (κ2) is 8.61. The van der Waals surface area contributed by atoms with E-state index in [1.54, 1.807) is 17.8 Å². The zero-order valence-corrected chi connectivity index (χ0v) is 16.9. The Morgan fingerprint density at radius 2 is 2.12 bits per heavy atom. The third kappa shape index (κ3) is 4.34. The molecule has 2 aromatic rings. The van der Waals surface area contributed by atoms with Crippen molar-refractivity contribution < 1.29 is 9.53 Å². The number of rotatable bonds is 6. The maximum atomic E-state index is 13.2. The van der Waals surface area contributed by atoms with Crippen LogP contribution in [0.2, 0.25) is 5.02 Å². The number of morpholine rings is 1. The van der Waals surface area contributed by atoms with Crippen molar-refractivity contribution in [3.8, 4) is 0 Å². The molecule has 0 aromatic carbocycles. The lowest BCUT2D eigenvalue weighted by Gasteiger charge is -2.35. The lowest BCUT2D eigenvalue weighted by molar-refractivity contribution is -0.0587. The minimum Gasteiger partial charge on any atom is -0.372 e. The van der Waals surface area contributed by atoms with E-state index in [9.17, 15) is 4.79 Å². The van der Waals surface area contributed by atoms with Gasteiger partial charge in [-0.2, -0.15) is 11.8 Å². The summed E-state index contributed by atoms with van der Waals surface area (Å²) in [5.41, 5.74) is 2.07. The summed E-state index contributed by atoms with van der Waals surface area (Å²) >= 11 is 7.95. The molecule has 0 aliphatic carbocycles. The number of nitrogens with one attached hydrogen (secondary N) is 1. The average molecular weight is 397 g/mol. The standard InChI is InChI=1S/C18H25ClN4O2S/c1-12-9-22(10-13(2)25-12)18(24)17-15(8-20-6-7-26-3)23-11-14(19)4-5-16(23)21-17/h4-5,11-13,20H,6-10H2,1-3H3/t12-,13+. The molecule has 1 N–H and O–H groups in total. The Kier molecular flexibility index (Phi) is 6.45. The molecule has 1 saturated heterocycles. The highest BCUT2D eigenvalue weighted by atomic mass is 35.5. The minimum absolute atomic E-state index is 0.0253. The topological polar surface area (TPSA) is 58.9 Å². The molecule has 3 heterocycles. The zero-order chi connectivity index (χ0) is 18.7. The van der Waals surface area contributed by atoms with Gasteiger partial charge < -0.3 is 19.4 Å². The number of halogens is 1. The molecule has 1 aliphatic rings. The highest BCUT2D eigenvalue weighted by Crippen LogP contribution is 2.20. The molecule has 0 spiro atoms. The van der Waals surface area contributed by atoms with Crippen LogP contribution in [0.3, 0.4) is 0 Å². The van der Waals surface area contributed by atoms with E-state index in [0.29, 0.717) is 30.4 Å². The summed E-state index contributed by atoms with van der Waals surface area (Å²) in [5.74, 6) is 0.965. The molecule has 0 unspecified atom stereocenters. The van der Waals surface area contributed by atoms with E-state index >= 15 is 0 Å². The van der Waals surface area contributed by atoms with Crippen molar-refractivity contribution in [2.24, 2.45) is 0 Å². The van der Waals surface area contributed by atoms with E-state index in [2.05, 4.69) is 16.6 Å². The van der Waals surface area contributed by atoms with Crippen LogP contribution in [0, 0.1) is 0 Å². The number of hydrogen-bond donors (Lipinski definition) is 1. The molecule has 0 saturated carbocycles. The lowest BCUT2D eigenvalue weighted by atomic mass is 10.2. The number of thioether (sulfide) groups is 1. The fourth-order valence-corrected chi connectivity index (χ4v) is 3.79. The quantitative estimate of drug-likeness (QED) is 0.761. The van der Waals surface area contributed by atoms with Gasteiger partial charge in [0.2, 0.25) is 0 Å². The lowest BCUT2D eigenvalue weighted by Crippen LogP contribution is -2.48. The fraction of sp³-hybridized carbons (Fsp3) is 0.556. The molecular weight excluding hydrogens is 372 g/mol. The Bertz CT molecular complexity index is 772. The van der Waals surface area contributed by atoms with Crippen molar-refractivity contribution in [3.63, 3.8) is 0 Å². The van der Waals surface area contributed by atoms with Gasteiger partial charge in [-0.15, -0.1) is 0 Å². The average Bonchev–Trinajstić information content (AvgIpc) is 2.95. The summed E-state index contributed by atoms with van der Waals surface area (Å²) in [4.78, 5) is 19.6. The number of aromatic nitrogens is 2. The van der Waals surface area contributed by atoms with E-state index in [1.807, 2.05) is 35.4 Å². The van der Waals surface area contributed by atoms with E-state index in [0.717, 1.165) is 23.6 Å². The number of hydrogen-bond acceptors (Lipinski definition) is 5. The first kappa shape index (κ1) is 19.5. The van der Waals surface area contributed by atoms with Crippen molar-refractivity contribution in [2.75, 3.05) is 31.6 Å². The van der Waals surface area contributed by atoms with Crippen LogP contribution in [0.25, 0.3) is 5.65 Å². The highest BCUT2D eigenvalue weighted by Gasteiger charge is 2.30. The van der Waals surface area contributed by atoms with Gasteiger partial charge in [-0.3, -0.25) is 4.79 Å². The van der Waals surface area contributed by atoms with E-state index in [4.69, 9.17) is 16.3 Å². The van der Waals surface area contributed by atoms with Crippen molar-refractivity contribution in [3.05, 3.63) is 34.7 Å². The predicted octanol–water partition coefficient (Wildman–Crippen LogP) is 2.69. The first-order valence-corrected chi connectivity index (χ1v) is 10.6. The minimum atomic E-state index is -0.0477. The number of nitrogens with zero attached hydrogens (tertiary/aromatic N) is 3. The number of fused-ring (bicyclic) bond motifs is 1. The molecule has 2 atom stereocenters. The molecule has 8 heteroatoms. The molecule has 2 aromatic heterocycles. The summed E-state index contributed by atoms with van der Waals surface area (Å²) in [6.07, 6.45) is 3.94. The Labute approximate surface area is 163 Å². The smallest absolute Gasteiger partial charge is 0.274 e. The van der Waals surface area contributed by atoms with Crippen LogP contribution in [-0.4, -0.2) is 64.0 Å². The van der Waals surface area contributed by atoms with Crippen molar-refractivity contribution >= 4 is 34.9 Å². The molecule has 1 fully saturated rings. The summed E-state index contributed by atoms with van der Waals surface area (Å²) in [5, 5.41) is 4.01. The molecular formula is C18H25ClN4O2S. The summed E-state index contributed by atoms with van der Waals surface area (Å²) < 4.78 is 7.66. The van der Waals surface area contributed by atoms with Crippen molar-refractivity contribution in [2.45, 2.75) is 32.6 Å². The van der Waals surface area contributed by atoms with E-state index in [1.165, 1.54) is 0 Å². The number of carbonyl (C=O) groups is 1. The SMILES string of the molecule is CSCCNCc1c(C(=O)N2C[C@@H](C)O[C@@H](C)C2)nc2ccc(Cl)cn12. The zero-order valence-electron chi connectivity index (χ0n) is 15.4. The predicted molar refractivity (Wildman–Crippen MR) is 106 cm³/mol. The highest BCUT2D eigenvalue weighted by molar-refractivity contribution is 7.98. The van der Waals surface area contributed by atoms with Crippen LogP contribution >= 0.6 is 23.4 Å². The molecule has 1 amide bonds. The maximum Gasteiger partial charge on any atom is 0.274 e. The van der Waals surface area contributed by atoms with Crippen LogP contribution in [0.1, 0.15) is 30.0 Å². The van der Waals surface area contributed by atoms with E-state index < -0.39 is 0 Å². The van der Waals surface area contributed by atoms with Gasteiger partial charge in [0.15, 0.2) is 5.69 Å². The molecule has 26 heavy (non-hydrogen) atoms. The number of pyridine rings is 1. The molecule has 0 bridgehead atoms. The van der Waals surface area contributed by atoms with Crippen molar-refractivity contribution in [1.82, 2.24) is 19.6 Å². The summed E-state index contributed by atoms with van der Waals surface area (Å²) in [7, 11) is 0. The van der Waals surface area contributed by atoms with Gasteiger partial charge >= 0.3 is 0 Å². The molecule has 142 valence electrons. The summed E-state index contributed by atoms with van der Waals surface area (Å²) in [6, 6.07) is 3.64. The van der Waals surface area contributed by atoms with Crippen LogP contribution in [0.15, 0.2) is 18.3 Å². The third-order valence-corrected chi connectivity index (χ3v) is 5.20. The van der Waals surface area contributed by atoms with Gasteiger partial charge in [0.05, 0.1) is 22.9 Å². The largest absolute Gasteiger partial charge is 0.372 e. The van der Waals surface area contributed by atoms with Gasteiger partial charge in [0.1, 0.15) is 5.65 Å². The Morgan fingerprint density at radius 1 is 1.38 bits per heavy atom. The third-order valence-electron chi connectivity index (χ3n) is 4.37. The monoisotopic (exact) mass is 396 g/mol. The van der Waals surface area contributed by atoms with Gasteiger partial charge in [-0.05, 0) is 32.2 Å². The fourth-order valence-electron chi connectivity index (χ4n) is 3.28. The van der Waals surface area contributed by atoms with Crippen LogP contribution in [-0.2, 0) is 11.3 Å². The number of ether oxygens (including phenoxy) is 1. The molecule has 1 aliphatic heterocycles. The molecule has 3 rings (SSSR count). The normalized spacial score (nSPS) is 20.7. The first-order chi connectivity index (χ1) is 12.5. The number of imidazole rings is 1. The Hall–Kier alpha value is -1.28. The van der Waals surface area contributed by atoms with Gasteiger partial charge in [-0.25, -0.2) is 4.98 Å². The van der Waals surface area contributed by atoms with Crippen molar-refractivity contribution in [1.29, 1.82) is 0 Å². The number of amides is 1. The Balaban J connectivity index is 1.91. The van der Waals surface area contributed by atoms with E-state index in [-0.39, 0.29) is 18.1 Å². The van der Waals surface area contributed by atoms with Gasteiger partial charge in [0, 0.05) is 38.1 Å². The summed E-state index contributed by atoms with van der Waals surface area (Å²) in [6.45, 7) is 6.58. The van der Waals surface area contributed by atoms with Crippen LogP contribution in [0.4, 0.5) is 0 Å². The van der Waals surface area contributed by atoms with Gasteiger partial charge in [0.25, 0.3) is 5.91 Å². The number of carbonyl (C=O) groups excluding carboxylic acids is 1. The van der Waals surface area contributed by atoms with Gasteiger partial charge in [-0.1, -0.05) is 11.6 Å². The molecule has 6 nitrogen and oxygen atoms in total. The maximum absolute atomic E-state index is 13.2. The van der Waals surface area contributed by atoms with Crippen LogP contribution in [0.5, 0.6) is 0 Å². The molecule has 0 radical (unpaired) electrons. The first-order valence-electron chi connectivity index (χ1n) is 8.80. The second-order valence-electron chi connectivity index (χ2n) is 6.62.